The first-order valence-electron chi connectivity index (χ1n) is 15.2. The summed E-state index contributed by atoms with van der Waals surface area (Å²) < 4.78 is 34.1. The van der Waals surface area contributed by atoms with E-state index in [0.29, 0.717) is 23.1 Å². The average Bonchev–Trinajstić information content (AvgIpc) is 3.78. The van der Waals surface area contributed by atoms with E-state index in [-0.39, 0.29) is 79.6 Å². The van der Waals surface area contributed by atoms with E-state index < -0.39 is 12.4 Å². The number of nitrogens with two attached hydrogens (primary N) is 2. The van der Waals surface area contributed by atoms with Gasteiger partial charge < -0.3 is 64.5 Å². The van der Waals surface area contributed by atoms with Crippen LogP contribution in [0.15, 0.2) is 59.6 Å². The number of pyridine rings is 2. The van der Waals surface area contributed by atoms with Crippen molar-refractivity contribution < 1.29 is 95.3 Å². The fraction of sp³-hybridized carbons (Fsp3) is 0.438. The van der Waals surface area contributed by atoms with Crippen LogP contribution in [0, 0.1) is 13.8 Å². The molecular formula is C32H48BrKN10O9. The van der Waals surface area contributed by atoms with Gasteiger partial charge in [0.15, 0.2) is 30.4 Å². The van der Waals surface area contributed by atoms with E-state index in [0.717, 1.165) is 22.8 Å². The van der Waals surface area contributed by atoms with Crippen LogP contribution in [0.1, 0.15) is 36.6 Å². The van der Waals surface area contributed by atoms with Crippen molar-refractivity contribution in [3.8, 4) is 23.1 Å². The van der Waals surface area contributed by atoms with Crippen LogP contribution in [0.2, 0.25) is 0 Å². The molecule has 6 N–H and O–H groups in total. The third-order valence-corrected chi connectivity index (χ3v) is 7.12. The summed E-state index contributed by atoms with van der Waals surface area (Å²) >= 11 is 3.31. The van der Waals surface area contributed by atoms with Gasteiger partial charge in [-0.3, -0.25) is 0 Å². The molecule has 4 rings (SSSR count). The van der Waals surface area contributed by atoms with Crippen molar-refractivity contribution in [3.05, 3.63) is 72.1 Å². The van der Waals surface area contributed by atoms with Crippen molar-refractivity contribution >= 4 is 27.6 Å². The number of amidine groups is 2. The third kappa shape index (κ3) is 15.2. The van der Waals surface area contributed by atoms with Crippen LogP contribution < -0.4 is 72.3 Å². The molecule has 21 heteroatoms. The van der Waals surface area contributed by atoms with Gasteiger partial charge in [-0.15, -0.1) is 0 Å². The van der Waals surface area contributed by atoms with Crippen LogP contribution in [0.5, 0.6) is 11.8 Å². The molecule has 0 aliphatic heterocycles. The minimum absolute atomic E-state index is 0. The van der Waals surface area contributed by atoms with Crippen LogP contribution in [-0.4, -0.2) is 118 Å². The number of hydrogen-bond donors (Lipinski definition) is 3. The van der Waals surface area contributed by atoms with Gasteiger partial charge in [0.05, 0.1) is 43.1 Å². The third-order valence-electron chi connectivity index (χ3n) is 6.68. The number of rotatable bonds is 14. The molecule has 0 amide bonds. The molecule has 0 aliphatic carbocycles. The Labute approximate surface area is 359 Å². The number of hydrogen-bond acceptors (Lipinski definition) is 15. The van der Waals surface area contributed by atoms with E-state index in [4.69, 9.17) is 49.9 Å². The first-order valence-corrected chi connectivity index (χ1v) is 16.1. The molecule has 0 radical (unpaired) electrons. The smallest absolute Gasteiger partial charge is 0.870 e. The second-order valence-corrected chi connectivity index (χ2v) is 11.9. The van der Waals surface area contributed by atoms with Gasteiger partial charge >= 0.3 is 51.4 Å². The maximum Gasteiger partial charge on any atom is 1.00 e. The Kier molecular flexibility index (Phi) is 24.2. The first kappa shape index (κ1) is 49.8. The summed E-state index contributed by atoms with van der Waals surface area (Å²) in [7, 11) is 9.31. The maximum absolute atomic E-state index is 8.61. The second-order valence-electron chi connectivity index (χ2n) is 10.4. The normalized spacial score (nSPS) is 12.3. The van der Waals surface area contributed by atoms with Gasteiger partial charge in [-0.05, 0) is 52.0 Å². The monoisotopic (exact) mass is 834 g/mol. The fourth-order valence-corrected chi connectivity index (χ4v) is 4.62. The van der Waals surface area contributed by atoms with Gasteiger partial charge in [0.25, 0.3) is 0 Å². The Balaban J connectivity index is 0.000000846. The minimum atomic E-state index is -0.550. The van der Waals surface area contributed by atoms with Crippen molar-refractivity contribution in [2.75, 3.05) is 42.7 Å². The molecule has 2 unspecified atom stereocenters. The van der Waals surface area contributed by atoms with Crippen LogP contribution in [0.25, 0.3) is 11.4 Å². The molecule has 4 heterocycles. The van der Waals surface area contributed by atoms with Crippen LogP contribution in [0.3, 0.4) is 0 Å². The Morgan fingerprint density at radius 1 is 0.736 bits per heavy atom. The SMILES string of the molecule is COC(OC)C(C)Br.COc1nc(/C(N)=N/O)ccc1-n1cnc(C)c1.COc1nc(/C(N)=N/OC(C)C(OC)OC)ccc1-n1cnc(C)c1.[K+].[OH-]. The molecule has 2 atom stereocenters. The van der Waals surface area contributed by atoms with Crippen molar-refractivity contribution in [2.24, 2.45) is 21.8 Å². The Morgan fingerprint density at radius 3 is 1.45 bits per heavy atom. The summed E-state index contributed by atoms with van der Waals surface area (Å²) in [6.45, 7) is 7.52. The molecule has 288 valence electrons. The molecular weight excluding hydrogens is 787 g/mol. The van der Waals surface area contributed by atoms with E-state index >= 15 is 0 Å². The molecule has 0 aliphatic rings. The van der Waals surface area contributed by atoms with E-state index in [1.807, 2.05) is 43.8 Å². The molecule has 0 saturated carbocycles. The Morgan fingerprint density at radius 2 is 1.15 bits per heavy atom. The van der Waals surface area contributed by atoms with Gasteiger partial charge in [-0.2, -0.15) is 0 Å². The number of oxime groups is 2. The summed E-state index contributed by atoms with van der Waals surface area (Å²) in [4.78, 5) is 22.4. The molecule has 0 fully saturated rings. The molecule has 4 aromatic rings. The van der Waals surface area contributed by atoms with Crippen molar-refractivity contribution in [3.63, 3.8) is 0 Å². The Hall–Kier alpha value is -3.22. The van der Waals surface area contributed by atoms with Crippen LogP contribution in [-0.2, 0) is 23.8 Å². The molecule has 19 nitrogen and oxygen atoms in total. The standard InChI is InChI=1S/C16H23N5O4.C11H13N5O2.C5H11BrO2.K.H2O/c1-10-8-21(9-18-10)13-7-6-12(19-15(13)22-3)14(17)20-25-11(2)16(23-4)24-5;1-7-5-16(6-13-7)9-4-3-8(10(12)15-17)14-11(9)18-2;1-4(6)5(7-2)8-3;;/h6-9,11,16H,1-5H3,(H2,17,20);3-6,17H,1-2H3,(H2,12,15);4-5H,1-3H3;;1H2/q;;;+1;/p-1. The number of imidazole rings is 2. The molecule has 0 spiro atoms. The van der Waals surface area contributed by atoms with Crippen molar-refractivity contribution in [1.29, 1.82) is 0 Å². The molecule has 53 heavy (non-hydrogen) atoms. The zero-order valence-corrected chi connectivity index (χ0v) is 36.5. The van der Waals surface area contributed by atoms with Crippen LogP contribution >= 0.6 is 15.9 Å². The van der Waals surface area contributed by atoms with Gasteiger partial charge in [-0.25, -0.2) is 19.9 Å². The van der Waals surface area contributed by atoms with E-state index in [9.17, 15) is 0 Å². The number of ether oxygens (including phenoxy) is 6. The number of halogens is 1. The fourth-order valence-electron chi connectivity index (χ4n) is 4.19. The number of alkyl halides is 1. The summed E-state index contributed by atoms with van der Waals surface area (Å²) in [6.07, 6.45) is 5.95. The van der Waals surface area contributed by atoms with Gasteiger partial charge in [0.1, 0.15) is 22.8 Å². The number of aryl methyl sites for hydroxylation is 2. The van der Waals surface area contributed by atoms with E-state index in [2.05, 4.69) is 46.2 Å². The predicted molar refractivity (Wildman–Crippen MR) is 195 cm³/mol. The minimum Gasteiger partial charge on any atom is -0.870 e. The summed E-state index contributed by atoms with van der Waals surface area (Å²) in [5, 5.41) is 15.4. The zero-order valence-electron chi connectivity index (χ0n) is 31.8. The summed E-state index contributed by atoms with van der Waals surface area (Å²) in [5.41, 5.74) is 15.4. The van der Waals surface area contributed by atoms with E-state index in [1.54, 1.807) is 56.6 Å². The van der Waals surface area contributed by atoms with Crippen LogP contribution in [0.4, 0.5) is 0 Å². The van der Waals surface area contributed by atoms with Gasteiger partial charge in [0, 0.05) is 40.8 Å². The van der Waals surface area contributed by atoms with Gasteiger partial charge in [-0.1, -0.05) is 26.2 Å². The molecule has 0 saturated heterocycles. The largest absolute Gasteiger partial charge is 1.00 e. The number of nitrogens with zero attached hydrogens (tertiary/aromatic N) is 8. The van der Waals surface area contributed by atoms with Gasteiger partial charge in [0.2, 0.25) is 11.8 Å². The number of methoxy groups -OCH3 is 6. The summed E-state index contributed by atoms with van der Waals surface area (Å²) in [5.74, 6) is 0.815. The second kappa shape index (κ2) is 25.7. The first-order chi connectivity index (χ1) is 24.4. The zero-order chi connectivity index (χ0) is 38.1. The van der Waals surface area contributed by atoms with E-state index in [1.165, 1.54) is 28.4 Å². The molecule has 4 aromatic heterocycles. The molecule has 0 aromatic carbocycles. The average molecular weight is 836 g/mol. The number of aromatic nitrogens is 6. The summed E-state index contributed by atoms with van der Waals surface area (Å²) in [6, 6.07) is 6.95. The predicted octanol–water partition coefficient (Wildman–Crippen LogP) is 0.123. The van der Waals surface area contributed by atoms with Crippen molar-refractivity contribution in [1.82, 2.24) is 29.1 Å². The Bertz CT molecular complexity index is 1700. The topological polar surface area (TPSA) is 253 Å². The van der Waals surface area contributed by atoms with Crippen molar-refractivity contribution in [2.45, 2.75) is 51.2 Å². The quantitative estimate of drug-likeness (QED) is 0.0290. The molecule has 0 bridgehead atoms. The maximum atomic E-state index is 8.61.